The molecule has 15 heavy (non-hydrogen) atoms. The molecule has 5 heteroatoms. The molecule has 0 bridgehead atoms. The van der Waals surface area contributed by atoms with E-state index in [9.17, 15) is 9.59 Å². The van der Waals surface area contributed by atoms with Gasteiger partial charge in [-0.05, 0) is 13.3 Å². The first-order chi connectivity index (χ1) is 7.11. The first-order valence-corrected chi connectivity index (χ1v) is 5.33. The van der Waals surface area contributed by atoms with Crippen LogP contribution in [-0.2, 0) is 9.59 Å². The van der Waals surface area contributed by atoms with E-state index in [1.54, 1.807) is 14.0 Å². The molecule has 0 aliphatic heterocycles. The molecule has 1 atom stereocenters. The van der Waals surface area contributed by atoms with E-state index in [4.69, 9.17) is 0 Å². The largest absolute Gasteiger partial charge is 0.358 e. The number of carbonyl (C=O) groups excluding carboxylic acids is 2. The zero-order valence-corrected chi connectivity index (χ0v) is 9.72. The summed E-state index contributed by atoms with van der Waals surface area (Å²) in [6, 6.07) is -0.256. The summed E-state index contributed by atoms with van der Waals surface area (Å²) in [6.45, 7) is 5.00. The summed E-state index contributed by atoms with van der Waals surface area (Å²) < 4.78 is 0. The van der Waals surface area contributed by atoms with Crippen molar-refractivity contribution in [1.29, 1.82) is 0 Å². The normalized spacial score (nSPS) is 11.9. The minimum absolute atomic E-state index is 0.0217. The van der Waals surface area contributed by atoms with Crippen molar-refractivity contribution in [2.45, 2.75) is 32.7 Å². The molecular formula is C10H21N3O2. The van der Waals surface area contributed by atoms with Gasteiger partial charge in [-0.25, -0.2) is 0 Å². The lowest BCUT2D eigenvalue weighted by molar-refractivity contribution is -0.123. The third-order valence-corrected chi connectivity index (χ3v) is 2.01. The van der Waals surface area contributed by atoms with Gasteiger partial charge in [0, 0.05) is 26.6 Å². The van der Waals surface area contributed by atoms with E-state index < -0.39 is 0 Å². The van der Waals surface area contributed by atoms with Crippen molar-refractivity contribution < 1.29 is 9.59 Å². The van der Waals surface area contributed by atoms with E-state index in [1.807, 2.05) is 6.92 Å². The molecule has 2 amide bonds. The van der Waals surface area contributed by atoms with Crippen LogP contribution in [0.5, 0.6) is 0 Å². The summed E-state index contributed by atoms with van der Waals surface area (Å²) in [4.78, 5) is 22.3. The van der Waals surface area contributed by atoms with E-state index in [1.165, 1.54) is 0 Å². The van der Waals surface area contributed by atoms with Crippen LogP contribution in [0, 0.1) is 0 Å². The number of hydrogen-bond acceptors (Lipinski definition) is 3. The molecule has 0 saturated carbocycles. The van der Waals surface area contributed by atoms with Crippen molar-refractivity contribution in [1.82, 2.24) is 16.0 Å². The molecule has 0 aliphatic carbocycles. The van der Waals surface area contributed by atoms with E-state index in [0.717, 1.165) is 6.42 Å². The molecule has 0 aromatic carbocycles. The summed E-state index contributed by atoms with van der Waals surface area (Å²) in [7, 11) is 1.59. The van der Waals surface area contributed by atoms with Crippen molar-refractivity contribution in [3.8, 4) is 0 Å². The Morgan fingerprint density at radius 1 is 1.27 bits per heavy atom. The van der Waals surface area contributed by atoms with Crippen LogP contribution in [0.4, 0.5) is 0 Å². The zero-order valence-electron chi connectivity index (χ0n) is 9.72. The Morgan fingerprint density at radius 2 is 1.93 bits per heavy atom. The maximum Gasteiger partial charge on any atom is 0.236 e. The smallest absolute Gasteiger partial charge is 0.236 e. The highest BCUT2D eigenvalue weighted by molar-refractivity contribution is 5.81. The van der Waals surface area contributed by atoms with Gasteiger partial charge >= 0.3 is 0 Å². The van der Waals surface area contributed by atoms with Crippen molar-refractivity contribution in [2.24, 2.45) is 0 Å². The van der Waals surface area contributed by atoms with Crippen LogP contribution in [0.25, 0.3) is 0 Å². The minimum Gasteiger partial charge on any atom is -0.358 e. The third kappa shape index (κ3) is 6.90. The maximum atomic E-state index is 11.2. The number of rotatable bonds is 7. The number of hydrogen-bond donors (Lipinski definition) is 3. The van der Waals surface area contributed by atoms with Crippen LogP contribution in [0.1, 0.15) is 26.7 Å². The lowest BCUT2D eigenvalue weighted by Crippen LogP contribution is -2.42. The quantitative estimate of drug-likeness (QED) is 0.542. The Hall–Kier alpha value is -1.10. The van der Waals surface area contributed by atoms with Gasteiger partial charge in [-0.15, -0.1) is 0 Å². The average Bonchev–Trinajstić information content (AvgIpc) is 2.24. The first kappa shape index (κ1) is 13.9. The molecule has 88 valence electrons. The van der Waals surface area contributed by atoms with Gasteiger partial charge in [0.1, 0.15) is 0 Å². The molecule has 0 heterocycles. The summed E-state index contributed by atoms with van der Waals surface area (Å²) in [5.74, 6) is -0.0441. The first-order valence-electron chi connectivity index (χ1n) is 5.33. The monoisotopic (exact) mass is 215 g/mol. The fourth-order valence-corrected chi connectivity index (χ4v) is 1.06. The van der Waals surface area contributed by atoms with Gasteiger partial charge in [0.05, 0.1) is 6.04 Å². The number of likely N-dealkylation sites (N-methyl/N-ethyl adjacent to an activating group) is 1. The molecule has 0 aromatic rings. The molecule has 1 unspecified atom stereocenters. The molecule has 0 spiro atoms. The third-order valence-electron chi connectivity index (χ3n) is 2.01. The second kappa shape index (κ2) is 8.23. The molecule has 3 N–H and O–H groups in total. The van der Waals surface area contributed by atoms with Gasteiger partial charge in [-0.3, -0.25) is 9.59 Å². The van der Waals surface area contributed by atoms with Crippen LogP contribution < -0.4 is 16.0 Å². The standard InChI is InChI=1S/C10H21N3O2/c1-4-6-13-9(14)5-7-12-8(2)10(15)11-3/h8,12H,4-7H2,1-3H3,(H,11,15)(H,13,14). The topological polar surface area (TPSA) is 70.2 Å². The Bertz CT molecular complexity index is 207. The average molecular weight is 215 g/mol. The fraction of sp³-hybridized carbons (Fsp3) is 0.800. The summed E-state index contributed by atoms with van der Waals surface area (Å²) in [6.07, 6.45) is 1.34. The molecule has 0 aliphatic rings. The molecule has 0 rings (SSSR count). The van der Waals surface area contributed by atoms with Gasteiger partial charge in [0.2, 0.25) is 11.8 Å². The van der Waals surface area contributed by atoms with E-state index in [2.05, 4.69) is 16.0 Å². The van der Waals surface area contributed by atoms with Crippen LogP contribution in [0.15, 0.2) is 0 Å². The van der Waals surface area contributed by atoms with E-state index in [0.29, 0.717) is 19.5 Å². The highest BCUT2D eigenvalue weighted by Crippen LogP contribution is 1.84. The van der Waals surface area contributed by atoms with Gasteiger partial charge in [-0.1, -0.05) is 6.92 Å². The molecule has 0 fully saturated rings. The SMILES string of the molecule is CCCNC(=O)CCNC(C)C(=O)NC. The van der Waals surface area contributed by atoms with Crippen molar-refractivity contribution in [2.75, 3.05) is 20.1 Å². The number of amides is 2. The Kier molecular flexibility index (Phi) is 7.62. The molecule has 0 radical (unpaired) electrons. The summed E-state index contributed by atoms with van der Waals surface area (Å²) in [5.41, 5.74) is 0. The van der Waals surface area contributed by atoms with Gasteiger partial charge < -0.3 is 16.0 Å². The zero-order chi connectivity index (χ0) is 11.7. The predicted molar refractivity (Wildman–Crippen MR) is 59.4 cm³/mol. The fourth-order valence-electron chi connectivity index (χ4n) is 1.06. The Labute approximate surface area is 91.0 Å². The second-order valence-corrected chi connectivity index (χ2v) is 3.39. The van der Waals surface area contributed by atoms with Crippen LogP contribution in [-0.4, -0.2) is 38.0 Å². The van der Waals surface area contributed by atoms with E-state index in [-0.39, 0.29) is 17.9 Å². The van der Waals surface area contributed by atoms with Crippen molar-refractivity contribution >= 4 is 11.8 Å². The summed E-state index contributed by atoms with van der Waals surface area (Å²) >= 11 is 0. The van der Waals surface area contributed by atoms with Crippen LogP contribution in [0.3, 0.4) is 0 Å². The highest BCUT2D eigenvalue weighted by atomic mass is 16.2. The van der Waals surface area contributed by atoms with Gasteiger partial charge in [0.15, 0.2) is 0 Å². The minimum atomic E-state index is -0.256. The van der Waals surface area contributed by atoms with Crippen LogP contribution in [0.2, 0.25) is 0 Å². The highest BCUT2D eigenvalue weighted by Gasteiger charge is 2.09. The predicted octanol–water partition coefficient (Wildman–Crippen LogP) is -0.373. The van der Waals surface area contributed by atoms with Crippen molar-refractivity contribution in [3.05, 3.63) is 0 Å². The van der Waals surface area contributed by atoms with Crippen LogP contribution >= 0.6 is 0 Å². The van der Waals surface area contributed by atoms with E-state index >= 15 is 0 Å². The number of carbonyl (C=O) groups is 2. The van der Waals surface area contributed by atoms with Gasteiger partial charge in [-0.2, -0.15) is 0 Å². The Morgan fingerprint density at radius 3 is 2.47 bits per heavy atom. The number of nitrogens with one attached hydrogen (secondary N) is 3. The maximum absolute atomic E-state index is 11.2. The lowest BCUT2D eigenvalue weighted by Gasteiger charge is -2.11. The lowest BCUT2D eigenvalue weighted by atomic mass is 10.3. The second-order valence-electron chi connectivity index (χ2n) is 3.39. The molecule has 0 saturated heterocycles. The van der Waals surface area contributed by atoms with Gasteiger partial charge in [0.25, 0.3) is 0 Å². The summed E-state index contributed by atoms with van der Waals surface area (Å²) in [5, 5.41) is 8.27. The van der Waals surface area contributed by atoms with Crippen molar-refractivity contribution in [3.63, 3.8) is 0 Å². The molecule has 5 nitrogen and oxygen atoms in total. The molecular weight excluding hydrogens is 194 g/mol. The molecule has 0 aromatic heterocycles. The Balaban J connectivity index is 3.52.